The summed E-state index contributed by atoms with van der Waals surface area (Å²) in [7, 11) is 0. The maximum atomic E-state index is 5.78. The van der Waals surface area contributed by atoms with Crippen molar-refractivity contribution < 1.29 is 9.47 Å². The molecule has 0 aromatic rings. The number of halogens is 2. The Morgan fingerprint density at radius 1 is 1.00 bits per heavy atom. The van der Waals surface area contributed by atoms with Crippen LogP contribution in [0.25, 0.3) is 0 Å². The molecule has 1 unspecified atom stereocenters. The molecule has 0 aromatic carbocycles. The van der Waals surface area contributed by atoms with Gasteiger partial charge in [0.25, 0.3) is 0 Å². The summed E-state index contributed by atoms with van der Waals surface area (Å²) in [4.78, 5) is 0. The maximum Gasteiger partial charge on any atom is 0.0627 e. The Kier molecular flexibility index (Phi) is 11.7. The Balaban J connectivity index is 3.50. The van der Waals surface area contributed by atoms with Gasteiger partial charge >= 0.3 is 0 Å². The Morgan fingerprint density at radius 3 is 2.28 bits per heavy atom. The van der Waals surface area contributed by atoms with Crippen molar-refractivity contribution in [2.24, 2.45) is 0 Å². The second-order valence-electron chi connectivity index (χ2n) is 5.27. The van der Waals surface area contributed by atoms with Gasteiger partial charge in [-0.25, -0.2) is 0 Å². The monoisotopic (exact) mass is 298 g/mol. The van der Waals surface area contributed by atoms with Crippen molar-refractivity contribution in [3.05, 3.63) is 0 Å². The Bertz CT molecular complexity index is 187. The van der Waals surface area contributed by atoms with Gasteiger partial charge in [0.2, 0.25) is 0 Å². The van der Waals surface area contributed by atoms with Gasteiger partial charge in [0.15, 0.2) is 0 Å². The van der Waals surface area contributed by atoms with E-state index in [1.54, 1.807) is 0 Å². The molecule has 0 amide bonds. The van der Waals surface area contributed by atoms with E-state index in [1.165, 1.54) is 0 Å². The molecular formula is C14H28Cl2O2. The smallest absolute Gasteiger partial charge is 0.0627 e. The van der Waals surface area contributed by atoms with Gasteiger partial charge in [0.1, 0.15) is 0 Å². The summed E-state index contributed by atoms with van der Waals surface area (Å²) in [5.74, 6) is 1.38. The third-order valence-electron chi connectivity index (χ3n) is 2.84. The average Bonchev–Trinajstić information content (AvgIpc) is 2.32. The van der Waals surface area contributed by atoms with Crippen LogP contribution >= 0.6 is 23.2 Å². The van der Waals surface area contributed by atoms with Gasteiger partial charge in [-0.05, 0) is 52.9 Å². The number of ether oxygens (including phenoxy) is 2. The first-order chi connectivity index (χ1) is 8.52. The molecule has 0 bridgehead atoms. The summed E-state index contributed by atoms with van der Waals surface area (Å²) in [6.07, 6.45) is 5.33. The van der Waals surface area contributed by atoms with E-state index in [2.05, 4.69) is 20.8 Å². The van der Waals surface area contributed by atoms with E-state index in [4.69, 9.17) is 32.7 Å². The first kappa shape index (κ1) is 18.5. The quantitative estimate of drug-likeness (QED) is 0.387. The van der Waals surface area contributed by atoms with Crippen LogP contribution in [-0.4, -0.2) is 36.7 Å². The molecule has 0 saturated heterocycles. The molecule has 0 heterocycles. The minimum atomic E-state index is -0.0746. The Hall–Kier alpha value is 0.500. The number of hydrogen-bond donors (Lipinski definition) is 0. The molecule has 2 nitrogen and oxygen atoms in total. The van der Waals surface area contributed by atoms with E-state index in [0.717, 1.165) is 51.2 Å². The second-order valence-corrected chi connectivity index (χ2v) is 6.02. The molecule has 110 valence electrons. The summed E-state index contributed by atoms with van der Waals surface area (Å²) < 4.78 is 11.5. The molecule has 18 heavy (non-hydrogen) atoms. The topological polar surface area (TPSA) is 18.5 Å². The highest BCUT2D eigenvalue weighted by Crippen LogP contribution is 2.17. The van der Waals surface area contributed by atoms with Crippen LogP contribution in [0.5, 0.6) is 0 Å². The number of alkyl halides is 2. The molecule has 1 atom stereocenters. The van der Waals surface area contributed by atoms with Crippen molar-refractivity contribution in [3.63, 3.8) is 0 Å². The van der Waals surface area contributed by atoms with Crippen molar-refractivity contribution in [1.29, 1.82) is 0 Å². The van der Waals surface area contributed by atoms with Crippen LogP contribution < -0.4 is 0 Å². The molecule has 4 heteroatoms. The summed E-state index contributed by atoms with van der Waals surface area (Å²) in [6.45, 7) is 7.89. The van der Waals surface area contributed by atoms with Crippen molar-refractivity contribution in [2.75, 3.05) is 25.0 Å². The molecule has 0 rings (SSSR count). The summed E-state index contributed by atoms with van der Waals surface area (Å²) in [6, 6.07) is 0. The fraction of sp³-hybridized carbons (Fsp3) is 1.00. The van der Waals surface area contributed by atoms with Crippen molar-refractivity contribution >= 4 is 23.2 Å². The van der Waals surface area contributed by atoms with Crippen molar-refractivity contribution in [3.8, 4) is 0 Å². The van der Waals surface area contributed by atoms with E-state index in [9.17, 15) is 0 Å². The highest BCUT2D eigenvalue weighted by molar-refractivity contribution is 6.18. The van der Waals surface area contributed by atoms with E-state index in [1.807, 2.05) is 0 Å². The molecule has 0 N–H and O–H groups in total. The maximum absolute atomic E-state index is 5.78. The van der Waals surface area contributed by atoms with Crippen LogP contribution in [0.2, 0.25) is 0 Å². The molecule has 0 aromatic heterocycles. The predicted molar refractivity (Wildman–Crippen MR) is 80.0 cm³/mol. The van der Waals surface area contributed by atoms with Gasteiger partial charge in [-0.3, -0.25) is 0 Å². The van der Waals surface area contributed by atoms with Gasteiger partial charge < -0.3 is 9.47 Å². The molecule has 0 spiro atoms. The fourth-order valence-electron chi connectivity index (χ4n) is 1.71. The molecule has 0 aliphatic heterocycles. The number of hydrogen-bond acceptors (Lipinski definition) is 2. The molecule has 0 saturated carbocycles. The highest BCUT2D eigenvalue weighted by Gasteiger charge is 2.17. The summed E-state index contributed by atoms with van der Waals surface area (Å²) in [5, 5.41) is 0. The van der Waals surface area contributed by atoms with Crippen LogP contribution in [0.15, 0.2) is 0 Å². The predicted octanol–water partition coefficient (Wildman–Crippen LogP) is 4.61. The Labute approximate surface area is 122 Å². The van der Waals surface area contributed by atoms with Crippen LogP contribution in [0, 0.1) is 0 Å². The molecule has 0 aliphatic rings. The van der Waals surface area contributed by atoms with Gasteiger partial charge in [0, 0.05) is 25.0 Å². The zero-order chi connectivity index (χ0) is 13.9. The third-order valence-corrected chi connectivity index (χ3v) is 3.38. The van der Waals surface area contributed by atoms with Gasteiger partial charge in [0.05, 0.1) is 11.7 Å². The van der Waals surface area contributed by atoms with Crippen molar-refractivity contribution in [2.45, 2.75) is 64.6 Å². The molecule has 0 fully saturated rings. The van der Waals surface area contributed by atoms with E-state index in [0.29, 0.717) is 12.0 Å². The lowest BCUT2D eigenvalue weighted by atomic mass is 10.0. The third kappa shape index (κ3) is 11.6. The molecule has 0 aliphatic carbocycles. The Morgan fingerprint density at radius 2 is 1.67 bits per heavy atom. The van der Waals surface area contributed by atoms with Gasteiger partial charge in [-0.1, -0.05) is 0 Å². The van der Waals surface area contributed by atoms with Crippen molar-refractivity contribution in [1.82, 2.24) is 0 Å². The minimum absolute atomic E-state index is 0.0746. The van der Waals surface area contributed by atoms with Crippen LogP contribution in [0.4, 0.5) is 0 Å². The van der Waals surface area contributed by atoms with E-state index in [-0.39, 0.29) is 5.60 Å². The number of rotatable bonds is 12. The lowest BCUT2D eigenvalue weighted by Crippen LogP contribution is -2.26. The van der Waals surface area contributed by atoms with Gasteiger partial charge in [-0.15, -0.1) is 23.2 Å². The van der Waals surface area contributed by atoms with E-state index >= 15 is 0 Å². The molecular weight excluding hydrogens is 271 g/mol. The zero-order valence-corrected chi connectivity index (χ0v) is 13.5. The SMILES string of the molecule is CC(CCCCl)OCCCC(C)(C)OCCCCl. The highest BCUT2D eigenvalue weighted by atomic mass is 35.5. The van der Waals surface area contributed by atoms with Gasteiger partial charge in [-0.2, -0.15) is 0 Å². The first-order valence-corrected chi connectivity index (χ1v) is 7.96. The normalized spacial score (nSPS) is 13.8. The van der Waals surface area contributed by atoms with Crippen LogP contribution in [0.1, 0.15) is 52.9 Å². The summed E-state index contributed by atoms with van der Waals surface area (Å²) >= 11 is 11.3. The lowest BCUT2D eigenvalue weighted by molar-refractivity contribution is -0.0322. The first-order valence-electron chi connectivity index (χ1n) is 6.89. The van der Waals surface area contributed by atoms with Crippen LogP contribution in [-0.2, 0) is 9.47 Å². The summed E-state index contributed by atoms with van der Waals surface area (Å²) in [5.41, 5.74) is -0.0746. The fourth-order valence-corrected chi connectivity index (χ4v) is 1.97. The standard InChI is InChI=1S/C14H28Cl2O2/c1-13(7-4-9-15)17-11-5-8-14(2,3)18-12-6-10-16/h13H,4-12H2,1-3H3. The van der Waals surface area contributed by atoms with Crippen LogP contribution in [0.3, 0.4) is 0 Å². The largest absolute Gasteiger partial charge is 0.379 e. The lowest BCUT2D eigenvalue weighted by Gasteiger charge is -2.25. The second kappa shape index (κ2) is 11.3. The zero-order valence-electron chi connectivity index (χ0n) is 12.0. The minimum Gasteiger partial charge on any atom is -0.379 e. The molecule has 0 radical (unpaired) electrons. The average molecular weight is 299 g/mol. The van der Waals surface area contributed by atoms with E-state index < -0.39 is 0 Å².